The summed E-state index contributed by atoms with van der Waals surface area (Å²) in [6, 6.07) is 13.2. The monoisotopic (exact) mass is 496 g/mol. The normalized spacial score (nSPS) is 11.4. The van der Waals surface area contributed by atoms with Crippen LogP contribution in [0.2, 0.25) is 0 Å². The molecule has 4 rings (SSSR count). The number of hydrogen-bond acceptors (Lipinski definition) is 6. The van der Waals surface area contributed by atoms with Crippen molar-refractivity contribution in [3.8, 4) is 10.4 Å². The average Bonchev–Trinajstić information content (AvgIpc) is 3.17. The van der Waals surface area contributed by atoms with Crippen LogP contribution in [-0.4, -0.2) is 33.5 Å². The molecule has 0 fully saturated rings. The summed E-state index contributed by atoms with van der Waals surface area (Å²) in [5.74, 6) is -1.52. The van der Waals surface area contributed by atoms with Crippen LogP contribution in [0.1, 0.15) is 26.3 Å². The van der Waals surface area contributed by atoms with Gasteiger partial charge in [0.15, 0.2) is 0 Å². The highest BCUT2D eigenvalue weighted by atomic mass is 32.2. The van der Waals surface area contributed by atoms with E-state index in [4.69, 9.17) is 5.73 Å². The summed E-state index contributed by atoms with van der Waals surface area (Å²) in [5.41, 5.74) is 8.06. The molecule has 34 heavy (non-hydrogen) atoms. The summed E-state index contributed by atoms with van der Waals surface area (Å²) in [6.07, 6.45) is 4.07. The quantitative estimate of drug-likeness (QED) is 0.407. The van der Waals surface area contributed by atoms with Crippen LogP contribution < -0.4 is 11.1 Å². The van der Waals surface area contributed by atoms with Gasteiger partial charge in [0.25, 0.3) is 11.8 Å². The Morgan fingerprint density at radius 1 is 1.12 bits per heavy atom. The molecule has 0 atom stereocenters. The van der Waals surface area contributed by atoms with Crippen LogP contribution in [0.25, 0.3) is 20.5 Å². The van der Waals surface area contributed by atoms with E-state index in [0.717, 1.165) is 20.5 Å². The van der Waals surface area contributed by atoms with Crippen LogP contribution in [-0.2, 0) is 9.73 Å². The molecule has 0 spiro atoms. The summed E-state index contributed by atoms with van der Waals surface area (Å²) in [5, 5.41) is 3.56. The van der Waals surface area contributed by atoms with E-state index in [2.05, 4.69) is 14.7 Å². The lowest BCUT2D eigenvalue weighted by molar-refractivity contribution is 0.100. The van der Waals surface area contributed by atoms with Crippen LogP contribution in [0.5, 0.6) is 0 Å². The van der Waals surface area contributed by atoms with E-state index in [1.165, 1.54) is 42.2 Å². The second kappa shape index (κ2) is 8.96. The van der Waals surface area contributed by atoms with Crippen molar-refractivity contribution in [2.75, 3.05) is 23.6 Å². The first-order valence-corrected chi connectivity index (χ1v) is 13.2. The van der Waals surface area contributed by atoms with Gasteiger partial charge in [-0.2, -0.15) is 4.36 Å². The molecule has 10 heteroatoms. The third-order valence-electron chi connectivity index (χ3n) is 4.87. The molecule has 3 N–H and O–H groups in total. The minimum atomic E-state index is -2.61. The van der Waals surface area contributed by atoms with Crippen molar-refractivity contribution >= 4 is 54.5 Å². The highest BCUT2D eigenvalue weighted by molar-refractivity contribution is 7.92. The van der Waals surface area contributed by atoms with Crippen LogP contribution in [0.15, 0.2) is 59.1 Å². The first kappa shape index (κ1) is 23.5. The third kappa shape index (κ3) is 5.13. The second-order valence-electron chi connectivity index (χ2n) is 8.04. The number of nitrogens with one attached hydrogen (secondary N) is 1. The summed E-state index contributed by atoms with van der Waals surface area (Å²) in [4.78, 5) is 29.8. The van der Waals surface area contributed by atoms with Gasteiger partial charge in [-0.3, -0.25) is 9.59 Å². The van der Waals surface area contributed by atoms with Gasteiger partial charge in [-0.25, -0.2) is 13.6 Å². The summed E-state index contributed by atoms with van der Waals surface area (Å²) in [6.45, 7) is 1.79. The molecule has 0 aliphatic carbocycles. The second-order valence-corrected chi connectivity index (χ2v) is 11.7. The van der Waals surface area contributed by atoms with Crippen molar-refractivity contribution in [1.29, 1.82) is 0 Å². The number of anilines is 2. The number of benzene rings is 2. The first-order valence-electron chi connectivity index (χ1n) is 10.1. The minimum absolute atomic E-state index is 0.0278. The van der Waals surface area contributed by atoms with Gasteiger partial charge >= 0.3 is 0 Å². The summed E-state index contributed by atoms with van der Waals surface area (Å²) in [7, 11) is -2.61. The highest BCUT2D eigenvalue weighted by Crippen LogP contribution is 2.37. The molecule has 2 aromatic heterocycles. The number of fused-ring (bicyclic) bond motifs is 1. The number of aryl methyl sites for hydroxylation is 1. The highest BCUT2D eigenvalue weighted by Gasteiger charge is 2.15. The number of carbonyl (C=O) groups is 2. The van der Waals surface area contributed by atoms with E-state index < -0.39 is 27.4 Å². The maximum atomic E-state index is 14.1. The van der Waals surface area contributed by atoms with E-state index >= 15 is 0 Å². The van der Waals surface area contributed by atoms with Crippen LogP contribution >= 0.6 is 11.3 Å². The maximum absolute atomic E-state index is 14.1. The summed E-state index contributed by atoms with van der Waals surface area (Å²) >= 11 is 1.44. The number of nitrogens with zero attached hydrogens (tertiary/aromatic N) is 2. The summed E-state index contributed by atoms with van der Waals surface area (Å²) < 4.78 is 30.5. The van der Waals surface area contributed by atoms with Crippen LogP contribution in [0.3, 0.4) is 0 Å². The van der Waals surface area contributed by atoms with Gasteiger partial charge in [-0.1, -0.05) is 11.6 Å². The number of carbonyl (C=O) groups excluding carboxylic acids is 2. The Kier molecular flexibility index (Phi) is 6.20. The lowest BCUT2D eigenvalue weighted by Crippen LogP contribution is -2.13. The molecule has 0 saturated carbocycles. The Morgan fingerprint density at radius 3 is 2.62 bits per heavy atom. The van der Waals surface area contributed by atoms with Gasteiger partial charge in [0.05, 0.1) is 11.1 Å². The SMILES string of the molecule is Cc1ccc(F)c(C(=O)Nc2ccc3sc(-c4cc(C(=O)N=S(C)(C)=O)cnc4N)cc3c2)c1. The molecule has 0 saturated heterocycles. The Balaban J connectivity index is 1.66. The van der Waals surface area contributed by atoms with Gasteiger partial charge in [-0.15, -0.1) is 11.3 Å². The predicted octanol–water partition coefficient (Wildman–Crippen LogP) is 5.11. The fraction of sp³-hybridized carbons (Fsp3) is 0.125. The van der Waals surface area contributed by atoms with Crippen molar-refractivity contribution in [1.82, 2.24) is 4.98 Å². The largest absolute Gasteiger partial charge is 0.383 e. The number of aromatic nitrogens is 1. The topological polar surface area (TPSA) is 115 Å². The molecule has 174 valence electrons. The smallest absolute Gasteiger partial charge is 0.286 e. The van der Waals surface area contributed by atoms with Crippen molar-refractivity contribution in [2.45, 2.75) is 6.92 Å². The van der Waals surface area contributed by atoms with Gasteiger partial charge in [-0.05, 0) is 54.8 Å². The number of nitrogen functional groups attached to an aromatic ring is 1. The standard InChI is InChI=1S/C24H21FN4O3S2/c1-13-4-6-19(25)17(8-13)24(31)28-16-5-7-20-14(9-16)11-21(33-20)18-10-15(12-27-22(18)26)23(30)29-34(2,3)32/h4-12H,1-3H3,(H2,26,27)(H,28,31). The van der Waals surface area contributed by atoms with Gasteiger partial charge in [0, 0.05) is 49.3 Å². The van der Waals surface area contributed by atoms with Gasteiger partial charge in [0.2, 0.25) is 0 Å². The van der Waals surface area contributed by atoms with E-state index in [0.29, 0.717) is 11.3 Å². The Morgan fingerprint density at radius 2 is 1.88 bits per heavy atom. The lowest BCUT2D eigenvalue weighted by atomic mass is 10.1. The van der Waals surface area contributed by atoms with E-state index in [1.54, 1.807) is 31.2 Å². The van der Waals surface area contributed by atoms with Crippen LogP contribution in [0.4, 0.5) is 15.9 Å². The van der Waals surface area contributed by atoms with E-state index in [9.17, 15) is 18.2 Å². The predicted molar refractivity (Wildman–Crippen MR) is 135 cm³/mol. The first-order chi connectivity index (χ1) is 16.0. The molecule has 2 aromatic carbocycles. The molecule has 2 amide bonds. The lowest BCUT2D eigenvalue weighted by Gasteiger charge is -2.07. The number of pyridine rings is 1. The Bertz CT molecular complexity index is 1580. The molecule has 0 aliphatic rings. The maximum Gasteiger partial charge on any atom is 0.286 e. The fourth-order valence-electron chi connectivity index (χ4n) is 3.31. The fourth-order valence-corrected chi connectivity index (χ4v) is 4.88. The van der Waals surface area contributed by atoms with Crippen molar-refractivity contribution in [2.24, 2.45) is 4.36 Å². The zero-order chi connectivity index (χ0) is 24.6. The number of thiophene rings is 1. The molecule has 7 nitrogen and oxygen atoms in total. The number of hydrogen-bond donors (Lipinski definition) is 2. The van der Waals surface area contributed by atoms with Gasteiger partial charge in [0.1, 0.15) is 11.6 Å². The van der Waals surface area contributed by atoms with Crippen molar-refractivity contribution < 1.29 is 18.2 Å². The van der Waals surface area contributed by atoms with Crippen molar-refractivity contribution in [3.05, 3.63) is 77.2 Å². The van der Waals surface area contributed by atoms with E-state index in [1.807, 2.05) is 12.1 Å². The van der Waals surface area contributed by atoms with E-state index in [-0.39, 0.29) is 16.9 Å². The molecule has 4 aromatic rings. The number of halogens is 1. The molecule has 0 aliphatic heterocycles. The average molecular weight is 497 g/mol. The van der Waals surface area contributed by atoms with Crippen LogP contribution in [0, 0.1) is 12.7 Å². The number of amides is 2. The molecule has 0 unspecified atom stereocenters. The number of rotatable bonds is 4. The van der Waals surface area contributed by atoms with Gasteiger partial charge < -0.3 is 11.1 Å². The molecule has 0 bridgehead atoms. The Hall–Kier alpha value is -3.63. The third-order valence-corrected chi connectivity index (χ3v) is 6.63. The molecule has 2 heterocycles. The number of nitrogens with two attached hydrogens (primary N) is 1. The molecule has 0 radical (unpaired) electrons. The zero-order valence-electron chi connectivity index (χ0n) is 18.6. The minimum Gasteiger partial charge on any atom is -0.383 e. The Labute approximate surface area is 200 Å². The molecular formula is C24H21FN4O3S2. The van der Waals surface area contributed by atoms with Crippen molar-refractivity contribution in [3.63, 3.8) is 0 Å². The zero-order valence-corrected chi connectivity index (χ0v) is 20.2. The molecular weight excluding hydrogens is 475 g/mol.